The van der Waals surface area contributed by atoms with Gasteiger partial charge in [0.15, 0.2) is 15.3 Å². The first-order valence-corrected chi connectivity index (χ1v) is 10.9. The van der Waals surface area contributed by atoms with Crippen LogP contribution in [0.15, 0.2) is 70.5 Å². The first kappa shape index (κ1) is 19.6. The van der Waals surface area contributed by atoms with Gasteiger partial charge in [0.2, 0.25) is 9.84 Å². The van der Waals surface area contributed by atoms with Gasteiger partial charge in [-0.1, -0.05) is 36.4 Å². The zero-order valence-electron chi connectivity index (χ0n) is 13.5. The van der Waals surface area contributed by atoms with Gasteiger partial charge in [-0.15, -0.1) is 0 Å². The number of aliphatic hydroxyl groups excluding tert-OH is 1. The lowest BCUT2D eigenvalue weighted by Gasteiger charge is -2.16. The molecular weight excluding hydrogens is 364 g/mol. The Morgan fingerprint density at radius 3 is 1.88 bits per heavy atom. The van der Waals surface area contributed by atoms with Gasteiger partial charge >= 0.3 is 0 Å². The molecule has 1 atom stereocenters. The smallest absolute Gasteiger partial charge is 0.207 e. The van der Waals surface area contributed by atoms with E-state index in [1.54, 1.807) is 36.4 Å². The van der Waals surface area contributed by atoms with Crippen LogP contribution in [-0.2, 0) is 24.4 Å². The van der Waals surface area contributed by atoms with Crippen molar-refractivity contribution in [1.29, 1.82) is 0 Å². The summed E-state index contributed by atoms with van der Waals surface area (Å²) in [6.45, 7) is -0.800. The highest BCUT2D eigenvalue weighted by Crippen LogP contribution is 2.17. The Labute approximate surface area is 147 Å². The summed E-state index contributed by atoms with van der Waals surface area (Å²) in [5.41, 5.74) is -1.42. The molecule has 1 unspecified atom stereocenters. The average molecular weight is 384 g/mol. The van der Waals surface area contributed by atoms with Crippen LogP contribution >= 0.6 is 0 Å². The van der Waals surface area contributed by atoms with Gasteiger partial charge in [-0.3, -0.25) is 0 Å². The molecule has 25 heavy (non-hydrogen) atoms. The molecule has 8 heteroatoms. The minimum atomic E-state index is -3.84. The van der Waals surface area contributed by atoms with Crippen molar-refractivity contribution in [3.8, 4) is 0 Å². The van der Waals surface area contributed by atoms with E-state index in [0.717, 1.165) is 0 Å². The van der Waals surface area contributed by atoms with Crippen molar-refractivity contribution in [2.75, 3.05) is 19.0 Å². The Morgan fingerprint density at radius 2 is 1.36 bits per heavy atom. The number of benzene rings is 2. The summed E-state index contributed by atoms with van der Waals surface area (Å²) in [7, 11) is -7.29. The van der Waals surface area contributed by atoms with Crippen molar-refractivity contribution in [1.82, 2.24) is 0 Å². The molecular formula is C17H20O6S2. The first-order valence-electron chi connectivity index (χ1n) is 7.67. The number of rotatable bonds is 9. The minimum absolute atomic E-state index is 0.0472. The number of sulfone groups is 2. The van der Waals surface area contributed by atoms with E-state index in [1.165, 1.54) is 24.3 Å². The fourth-order valence-corrected chi connectivity index (χ4v) is 4.83. The number of aliphatic hydroxyl groups is 1. The lowest BCUT2D eigenvalue weighted by molar-refractivity contribution is 0.0629. The molecule has 0 aliphatic carbocycles. The van der Waals surface area contributed by atoms with Gasteiger partial charge in [-0.05, 0) is 30.7 Å². The molecule has 0 radical (unpaired) electrons. The van der Waals surface area contributed by atoms with Crippen molar-refractivity contribution >= 4 is 19.7 Å². The predicted octanol–water partition coefficient (Wildman–Crippen LogP) is 1.66. The summed E-state index contributed by atoms with van der Waals surface area (Å²) in [6.07, 6.45) is 0.123. The zero-order valence-corrected chi connectivity index (χ0v) is 15.1. The molecule has 136 valence electrons. The standard InChI is InChI=1S/C17H20O6S2/c18-14-17(25(21,22)16-10-5-2-6-11-16)23-12-7-13-24(19,20)15-8-3-1-4-9-15/h1-6,8-11,17-18H,7,12-14H2. The SMILES string of the molecule is O=S(=O)(CCCOC(CO)S(=O)(=O)c1ccccc1)c1ccccc1. The van der Waals surface area contributed by atoms with Crippen LogP contribution in [0.4, 0.5) is 0 Å². The van der Waals surface area contributed by atoms with E-state index in [0.29, 0.717) is 0 Å². The maximum absolute atomic E-state index is 12.4. The highest BCUT2D eigenvalue weighted by molar-refractivity contribution is 7.92. The fraction of sp³-hybridized carbons (Fsp3) is 0.294. The van der Waals surface area contributed by atoms with E-state index in [2.05, 4.69) is 0 Å². The molecule has 0 aliphatic heterocycles. The molecule has 0 saturated heterocycles. The Balaban J connectivity index is 1.94. The van der Waals surface area contributed by atoms with Crippen LogP contribution in [0, 0.1) is 0 Å². The largest absolute Gasteiger partial charge is 0.393 e. The van der Waals surface area contributed by atoms with Crippen molar-refractivity contribution < 1.29 is 26.7 Å². The second-order valence-corrected chi connectivity index (χ2v) is 9.52. The first-order chi connectivity index (χ1) is 11.9. The van der Waals surface area contributed by atoms with Crippen LogP contribution < -0.4 is 0 Å². The fourth-order valence-electron chi connectivity index (χ4n) is 2.21. The van der Waals surface area contributed by atoms with Crippen LogP contribution in [0.5, 0.6) is 0 Å². The van der Waals surface area contributed by atoms with Gasteiger partial charge < -0.3 is 9.84 Å². The second-order valence-electron chi connectivity index (χ2n) is 5.33. The molecule has 0 heterocycles. The molecule has 0 aliphatic rings. The summed E-state index contributed by atoms with van der Waals surface area (Å²) in [6, 6.07) is 15.7. The van der Waals surface area contributed by atoms with E-state index in [1.807, 2.05) is 0 Å². The summed E-state index contributed by atoms with van der Waals surface area (Å²) in [5.74, 6) is -0.166. The van der Waals surface area contributed by atoms with Crippen molar-refractivity contribution in [2.24, 2.45) is 0 Å². The molecule has 2 aromatic rings. The topological polar surface area (TPSA) is 97.7 Å². The Kier molecular flexibility index (Phi) is 6.71. The maximum Gasteiger partial charge on any atom is 0.207 e. The van der Waals surface area contributed by atoms with Gasteiger partial charge in [-0.2, -0.15) is 0 Å². The quantitative estimate of drug-likeness (QED) is 0.660. The van der Waals surface area contributed by atoms with Gasteiger partial charge in [-0.25, -0.2) is 16.8 Å². The molecule has 0 amide bonds. The molecule has 0 aromatic heterocycles. The van der Waals surface area contributed by atoms with Crippen LogP contribution in [0.2, 0.25) is 0 Å². The summed E-state index contributed by atoms with van der Waals surface area (Å²) < 4.78 is 54.3. The van der Waals surface area contributed by atoms with Gasteiger partial charge in [0, 0.05) is 6.61 Å². The normalized spacial score (nSPS) is 13.5. The van der Waals surface area contributed by atoms with Gasteiger partial charge in [0.25, 0.3) is 0 Å². The van der Waals surface area contributed by atoms with Crippen molar-refractivity contribution in [3.63, 3.8) is 0 Å². The van der Waals surface area contributed by atoms with Crippen LogP contribution in [0.3, 0.4) is 0 Å². The van der Waals surface area contributed by atoms with E-state index in [4.69, 9.17) is 4.74 Å². The van der Waals surface area contributed by atoms with E-state index >= 15 is 0 Å². The lowest BCUT2D eigenvalue weighted by Crippen LogP contribution is -2.29. The Morgan fingerprint density at radius 1 is 0.840 bits per heavy atom. The molecule has 0 saturated carbocycles. The maximum atomic E-state index is 12.4. The molecule has 1 N–H and O–H groups in total. The minimum Gasteiger partial charge on any atom is -0.393 e. The molecule has 6 nitrogen and oxygen atoms in total. The van der Waals surface area contributed by atoms with Crippen molar-refractivity contribution in [2.45, 2.75) is 21.6 Å². The van der Waals surface area contributed by atoms with Crippen LogP contribution in [0.25, 0.3) is 0 Å². The Bertz CT molecular complexity index is 862. The summed E-state index contributed by atoms with van der Waals surface area (Å²) >= 11 is 0. The molecule has 0 fully saturated rings. The molecule has 2 rings (SSSR count). The zero-order chi connectivity index (χ0) is 18.3. The number of hydrogen-bond acceptors (Lipinski definition) is 6. The van der Waals surface area contributed by atoms with E-state index in [9.17, 15) is 21.9 Å². The molecule has 0 bridgehead atoms. The van der Waals surface area contributed by atoms with Crippen LogP contribution in [0.1, 0.15) is 6.42 Å². The summed E-state index contributed by atoms with van der Waals surface area (Å²) in [5, 5.41) is 9.34. The third-order valence-corrected chi connectivity index (χ3v) is 7.25. The molecule has 2 aromatic carbocycles. The highest BCUT2D eigenvalue weighted by Gasteiger charge is 2.27. The lowest BCUT2D eigenvalue weighted by atomic mass is 10.4. The van der Waals surface area contributed by atoms with Gasteiger partial charge in [0.1, 0.15) is 0 Å². The van der Waals surface area contributed by atoms with Crippen LogP contribution in [-0.4, -0.2) is 46.3 Å². The second kappa shape index (κ2) is 8.57. The number of ether oxygens (including phenoxy) is 1. The van der Waals surface area contributed by atoms with Crippen molar-refractivity contribution in [3.05, 3.63) is 60.7 Å². The monoisotopic (exact) mass is 384 g/mol. The predicted molar refractivity (Wildman–Crippen MR) is 93.6 cm³/mol. The Hall–Kier alpha value is -1.74. The average Bonchev–Trinajstić information content (AvgIpc) is 2.63. The van der Waals surface area contributed by atoms with E-state index in [-0.39, 0.29) is 28.6 Å². The third kappa shape index (κ3) is 5.12. The molecule has 0 spiro atoms. The van der Waals surface area contributed by atoms with Gasteiger partial charge in [0.05, 0.1) is 22.2 Å². The summed E-state index contributed by atoms with van der Waals surface area (Å²) in [4.78, 5) is 0.261. The number of hydrogen-bond donors (Lipinski definition) is 1. The van der Waals surface area contributed by atoms with E-state index < -0.39 is 31.7 Å². The highest BCUT2D eigenvalue weighted by atomic mass is 32.2. The third-order valence-electron chi connectivity index (χ3n) is 3.53.